The normalized spacial score (nSPS) is 17.0. The summed E-state index contributed by atoms with van der Waals surface area (Å²) in [4.78, 5) is 23.6. The zero-order valence-corrected chi connectivity index (χ0v) is 14.8. The molecule has 0 spiro atoms. The summed E-state index contributed by atoms with van der Waals surface area (Å²) in [6.07, 6.45) is 5.36. The van der Waals surface area contributed by atoms with Gasteiger partial charge in [-0.25, -0.2) is 19.9 Å². The molecule has 1 fully saturated rings. The highest BCUT2D eigenvalue weighted by atomic mass is 15.3. The van der Waals surface area contributed by atoms with E-state index >= 15 is 0 Å². The average Bonchev–Trinajstić information content (AvgIpc) is 2.67. The van der Waals surface area contributed by atoms with Crippen molar-refractivity contribution >= 4 is 17.6 Å². The lowest BCUT2D eigenvalue weighted by molar-refractivity contribution is 0.480. The maximum Gasteiger partial charge on any atom is 0.226 e. The largest absolute Gasteiger partial charge is 0.363 e. The molecule has 2 aromatic rings. The predicted octanol–water partition coefficient (Wildman–Crippen LogP) is 1.31. The van der Waals surface area contributed by atoms with Gasteiger partial charge in [-0.15, -0.1) is 0 Å². The Morgan fingerprint density at radius 1 is 1.20 bits per heavy atom. The van der Waals surface area contributed by atoms with Crippen molar-refractivity contribution in [1.82, 2.24) is 19.9 Å². The molecule has 0 N–H and O–H groups in total. The fourth-order valence-electron chi connectivity index (χ4n) is 2.98. The summed E-state index contributed by atoms with van der Waals surface area (Å²) < 4.78 is 0. The van der Waals surface area contributed by atoms with Crippen molar-refractivity contribution in [2.75, 3.05) is 48.9 Å². The van der Waals surface area contributed by atoms with Crippen molar-refractivity contribution in [1.29, 1.82) is 5.26 Å². The molecule has 1 aliphatic rings. The third kappa shape index (κ3) is 3.76. The fraction of sp³-hybridized carbons (Fsp3) is 0.471. The third-order valence-electron chi connectivity index (χ3n) is 4.44. The van der Waals surface area contributed by atoms with Gasteiger partial charge < -0.3 is 14.7 Å². The molecule has 3 heterocycles. The number of hydrogen-bond acceptors (Lipinski definition) is 8. The van der Waals surface area contributed by atoms with Crippen LogP contribution in [0.2, 0.25) is 0 Å². The van der Waals surface area contributed by atoms with E-state index < -0.39 is 0 Å². The number of anilines is 3. The zero-order chi connectivity index (χ0) is 17.8. The van der Waals surface area contributed by atoms with Crippen molar-refractivity contribution in [2.45, 2.75) is 18.9 Å². The van der Waals surface area contributed by atoms with Gasteiger partial charge in [-0.3, -0.25) is 0 Å². The Hall–Kier alpha value is -2.95. The van der Waals surface area contributed by atoms with Gasteiger partial charge in [0.15, 0.2) is 0 Å². The second-order valence-corrected chi connectivity index (χ2v) is 6.34. The number of likely N-dealkylation sites (N-methyl/N-ethyl adjacent to an activating group) is 1. The molecule has 0 bridgehead atoms. The lowest BCUT2D eigenvalue weighted by Gasteiger charge is -2.38. The Kier molecular flexibility index (Phi) is 4.93. The van der Waals surface area contributed by atoms with Crippen LogP contribution in [0.5, 0.6) is 0 Å². The molecule has 2 aromatic heterocycles. The Morgan fingerprint density at radius 2 is 2.00 bits per heavy atom. The minimum absolute atomic E-state index is 0.299. The van der Waals surface area contributed by atoms with Crippen LogP contribution in [0.15, 0.2) is 24.7 Å². The summed E-state index contributed by atoms with van der Waals surface area (Å²) >= 11 is 0. The van der Waals surface area contributed by atoms with E-state index in [0.717, 1.165) is 37.6 Å². The van der Waals surface area contributed by atoms with Crippen molar-refractivity contribution in [2.24, 2.45) is 0 Å². The fourth-order valence-corrected chi connectivity index (χ4v) is 2.98. The van der Waals surface area contributed by atoms with Crippen LogP contribution in [0, 0.1) is 11.3 Å². The van der Waals surface area contributed by atoms with Gasteiger partial charge in [0.25, 0.3) is 0 Å². The van der Waals surface area contributed by atoms with Crippen LogP contribution in [0.3, 0.4) is 0 Å². The van der Waals surface area contributed by atoms with Crippen molar-refractivity contribution in [3.05, 3.63) is 30.4 Å². The van der Waals surface area contributed by atoms with E-state index in [1.54, 1.807) is 18.6 Å². The molecular formula is C17H22N8. The molecule has 130 valence electrons. The number of rotatable bonds is 4. The van der Waals surface area contributed by atoms with Gasteiger partial charge in [0.1, 0.15) is 29.7 Å². The number of aromatic nitrogens is 4. The van der Waals surface area contributed by atoms with Crippen LogP contribution in [-0.2, 0) is 0 Å². The van der Waals surface area contributed by atoms with Crippen LogP contribution in [0.1, 0.15) is 18.5 Å². The second kappa shape index (κ2) is 7.30. The lowest BCUT2D eigenvalue weighted by atomic mass is 10.0. The molecule has 0 amide bonds. The molecule has 1 atom stereocenters. The molecule has 8 nitrogen and oxygen atoms in total. The summed E-state index contributed by atoms with van der Waals surface area (Å²) in [6, 6.07) is 5.99. The van der Waals surface area contributed by atoms with Gasteiger partial charge in [-0.1, -0.05) is 0 Å². The smallest absolute Gasteiger partial charge is 0.226 e. The van der Waals surface area contributed by atoms with Crippen molar-refractivity contribution < 1.29 is 0 Å². The lowest BCUT2D eigenvalue weighted by Crippen LogP contribution is -2.47. The summed E-state index contributed by atoms with van der Waals surface area (Å²) in [5.74, 6) is 2.40. The molecule has 1 unspecified atom stereocenters. The maximum atomic E-state index is 9.03. The molecular weight excluding hydrogens is 316 g/mol. The first-order valence-electron chi connectivity index (χ1n) is 8.29. The first-order chi connectivity index (χ1) is 12.1. The second-order valence-electron chi connectivity index (χ2n) is 6.34. The highest BCUT2D eigenvalue weighted by Crippen LogP contribution is 2.23. The van der Waals surface area contributed by atoms with E-state index in [0.29, 0.717) is 17.7 Å². The molecule has 25 heavy (non-hydrogen) atoms. The SMILES string of the molecule is CN(C)c1cc(N(C)C2CCCN(c3nccc(C#N)n3)C2)ncn1. The number of hydrogen-bond donors (Lipinski definition) is 0. The predicted molar refractivity (Wildman–Crippen MR) is 96.7 cm³/mol. The maximum absolute atomic E-state index is 9.03. The van der Waals surface area contributed by atoms with E-state index in [1.807, 2.05) is 25.1 Å². The van der Waals surface area contributed by atoms with Crippen LogP contribution >= 0.6 is 0 Å². The van der Waals surface area contributed by atoms with Gasteiger partial charge in [0.2, 0.25) is 5.95 Å². The van der Waals surface area contributed by atoms with Gasteiger partial charge >= 0.3 is 0 Å². The van der Waals surface area contributed by atoms with Crippen molar-refractivity contribution in [3.63, 3.8) is 0 Å². The average molecular weight is 338 g/mol. The summed E-state index contributed by atoms with van der Waals surface area (Å²) in [5.41, 5.74) is 0.395. The minimum atomic E-state index is 0.299. The summed E-state index contributed by atoms with van der Waals surface area (Å²) in [5, 5.41) is 9.03. The molecule has 3 rings (SSSR count). The van der Waals surface area contributed by atoms with E-state index in [-0.39, 0.29) is 0 Å². The standard InChI is InChI=1S/C17H22N8/c1-23(2)15-9-16(21-12-20-15)24(3)14-5-4-8-25(11-14)17-19-7-6-13(10-18)22-17/h6-7,9,12,14H,4-5,8,11H2,1-3H3. The molecule has 0 radical (unpaired) electrons. The highest BCUT2D eigenvalue weighted by Gasteiger charge is 2.26. The molecule has 0 aromatic carbocycles. The molecule has 0 aliphatic carbocycles. The topological polar surface area (TPSA) is 85.1 Å². The monoisotopic (exact) mass is 338 g/mol. The quantitative estimate of drug-likeness (QED) is 0.825. The van der Waals surface area contributed by atoms with E-state index in [4.69, 9.17) is 5.26 Å². The number of nitrogens with zero attached hydrogens (tertiary/aromatic N) is 8. The van der Waals surface area contributed by atoms with Crippen LogP contribution < -0.4 is 14.7 Å². The minimum Gasteiger partial charge on any atom is -0.363 e. The third-order valence-corrected chi connectivity index (χ3v) is 4.44. The van der Waals surface area contributed by atoms with Crippen LogP contribution in [-0.4, -0.2) is 60.2 Å². The Morgan fingerprint density at radius 3 is 2.76 bits per heavy atom. The molecule has 8 heteroatoms. The number of nitriles is 1. The first-order valence-corrected chi connectivity index (χ1v) is 8.29. The van der Waals surface area contributed by atoms with Gasteiger partial charge in [-0.05, 0) is 18.9 Å². The van der Waals surface area contributed by atoms with E-state index in [1.165, 1.54) is 0 Å². The highest BCUT2D eigenvalue weighted by molar-refractivity contribution is 5.50. The summed E-state index contributed by atoms with van der Waals surface area (Å²) in [7, 11) is 5.99. The Bertz CT molecular complexity index is 769. The Balaban J connectivity index is 1.76. The Labute approximate surface area is 147 Å². The molecule has 1 aliphatic heterocycles. The number of piperidine rings is 1. The van der Waals surface area contributed by atoms with E-state index in [9.17, 15) is 0 Å². The summed E-state index contributed by atoms with van der Waals surface area (Å²) in [6.45, 7) is 1.69. The van der Waals surface area contributed by atoms with Gasteiger partial charge in [0, 0.05) is 52.5 Å². The molecule has 0 saturated carbocycles. The van der Waals surface area contributed by atoms with Crippen LogP contribution in [0.25, 0.3) is 0 Å². The first kappa shape index (κ1) is 16.9. The van der Waals surface area contributed by atoms with Gasteiger partial charge in [0.05, 0.1) is 0 Å². The van der Waals surface area contributed by atoms with Gasteiger partial charge in [-0.2, -0.15) is 5.26 Å². The van der Waals surface area contributed by atoms with Crippen LogP contribution in [0.4, 0.5) is 17.6 Å². The van der Waals surface area contributed by atoms with Crippen molar-refractivity contribution in [3.8, 4) is 6.07 Å². The zero-order valence-electron chi connectivity index (χ0n) is 14.8. The molecule has 1 saturated heterocycles. The van der Waals surface area contributed by atoms with E-state index in [2.05, 4.69) is 42.9 Å².